The molecule has 0 N–H and O–H groups in total. The Kier molecular flexibility index (Phi) is 5.75. The van der Waals surface area contributed by atoms with Crippen LogP contribution >= 0.6 is 0 Å². The second kappa shape index (κ2) is 7.14. The minimum absolute atomic E-state index is 0.0751. The Labute approximate surface area is 96.1 Å². The number of hydrogen-bond acceptors (Lipinski definition) is 3. The number of halogens is 1. The van der Waals surface area contributed by atoms with Gasteiger partial charge in [0.2, 0.25) is 11.8 Å². The summed E-state index contributed by atoms with van der Waals surface area (Å²) in [5.41, 5.74) is 0. The van der Waals surface area contributed by atoms with E-state index in [4.69, 9.17) is 4.74 Å². The maximum Gasteiger partial charge on any atom is 0.219 e. The van der Waals surface area contributed by atoms with E-state index in [-0.39, 0.29) is 6.10 Å². The van der Waals surface area contributed by atoms with Gasteiger partial charge >= 0.3 is 0 Å². The Morgan fingerprint density at radius 2 is 2.12 bits per heavy atom. The van der Waals surface area contributed by atoms with Gasteiger partial charge in [-0.25, -0.2) is 9.97 Å². The van der Waals surface area contributed by atoms with E-state index in [0.29, 0.717) is 5.88 Å². The molecule has 0 aliphatic heterocycles. The summed E-state index contributed by atoms with van der Waals surface area (Å²) in [6.45, 7) is 4.16. The maximum atomic E-state index is 12.7. The molecule has 0 bridgehead atoms. The summed E-state index contributed by atoms with van der Waals surface area (Å²) in [6.07, 6.45) is 7.08. The van der Waals surface area contributed by atoms with Gasteiger partial charge in [0, 0.05) is 0 Å². The molecule has 1 unspecified atom stereocenters. The lowest BCUT2D eigenvalue weighted by molar-refractivity contribution is 0.196. The van der Waals surface area contributed by atoms with E-state index < -0.39 is 5.95 Å². The molecule has 1 rings (SSSR count). The summed E-state index contributed by atoms with van der Waals surface area (Å²) in [4.78, 5) is 7.23. The number of unbranched alkanes of at least 4 members (excludes halogenated alkanes) is 3. The van der Waals surface area contributed by atoms with E-state index in [9.17, 15) is 4.39 Å². The first-order chi connectivity index (χ1) is 7.72. The Morgan fingerprint density at radius 1 is 1.31 bits per heavy atom. The number of nitrogens with zero attached hydrogens (tertiary/aromatic N) is 2. The van der Waals surface area contributed by atoms with Crippen molar-refractivity contribution < 1.29 is 9.13 Å². The molecular weight excluding hydrogens is 207 g/mol. The van der Waals surface area contributed by atoms with Gasteiger partial charge in [0.1, 0.15) is 6.33 Å². The summed E-state index contributed by atoms with van der Waals surface area (Å²) >= 11 is 0. The van der Waals surface area contributed by atoms with Gasteiger partial charge in [0.05, 0.1) is 12.2 Å². The van der Waals surface area contributed by atoms with Gasteiger partial charge in [-0.3, -0.25) is 0 Å². The van der Waals surface area contributed by atoms with Gasteiger partial charge in [0.25, 0.3) is 0 Å². The molecule has 1 atom stereocenters. The molecule has 16 heavy (non-hydrogen) atoms. The van der Waals surface area contributed by atoms with Gasteiger partial charge in [-0.2, -0.15) is 4.39 Å². The molecule has 0 aromatic carbocycles. The minimum atomic E-state index is -0.553. The smallest absolute Gasteiger partial charge is 0.219 e. The Balaban J connectivity index is 2.25. The first kappa shape index (κ1) is 12.9. The van der Waals surface area contributed by atoms with Crippen molar-refractivity contribution in [2.45, 2.75) is 52.1 Å². The van der Waals surface area contributed by atoms with E-state index in [1.54, 1.807) is 0 Å². The van der Waals surface area contributed by atoms with Crippen LogP contribution in [0.25, 0.3) is 0 Å². The summed E-state index contributed by atoms with van der Waals surface area (Å²) < 4.78 is 18.2. The van der Waals surface area contributed by atoms with E-state index in [2.05, 4.69) is 16.9 Å². The second-order valence-corrected chi connectivity index (χ2v) is 3.96. The first-order valence-electron chi connectivity index (χ1n) is 5.86. The van der Waals surface area contributed by atoms with Crippen LogP contribution in [0, 0.1) is 5.95 Å². The second-order valence-electron chi connectivity index (χ2n) is 3.96. The highest BCUT2D eigenvalue weighted by molar-refractivity contribution is 5.06. The topological polar surface area (TPSA) is 35.0 Å². The third-order valence-corrected chi connectivity index (χ3v) is 2.39. The zero-order valence-electron chi connectivity index (χ0n) is 9.95. The normalized spacial score (nSPS) is 12.4. The molecule has 0 aliphatic carbocycles. The quantitative estimate of drug-likeness (QED) is 0.528. The fraction of sp³-hybridized carbons (Fsp3) is 0.667. The lowest BCUT2D eigenvalue weighted by Gasteiger charge is -2.13. The zero-order chi connectivity index (χ0) is 11.8. The van der Waals surface area contributed by atoms with Crippen molar-refractivity contribution in [1.29, 1.82) is 0 Å². The molecule has 3 nitrogen and oxygen atoms in total. The van der Waals surface area contributed by atoms with Crippen molar-refractivity contribution in [2.75, 3.05) is 0 Å². The Bertz CT molecular complexity index is 307. The minimum Gasteiger partial charge on any atom is -0.474 e. The van der Waals surface area contributed by atoms with Gasteiger partial charge < -0.3 is 4.74 Å². The van der Waals surface area contributed by atoms with Crippen LogP contribution in [-0.2, 0) is 0 Å². The highest BCUT2D eigenvalue weighted by Crippen LogP contribution is 2.12. The average molecular weight is 226 g/mol. The number of rotatable bonds is 7. The van der Waals surface area contributed by atoms with Gasteiger partial charge in [-0.15, -0.1) is 0 Å². The third kappa shape index (κ3) is 5.05. The van der Waals surface area contributed by atoms with E-state index >= 15 is 0 Å². The molecule has 1 aromatic heterocycles. The number of aromatic nitrogens is 2. The van der Waals surface area contributed by atoms with Gasteiger partial charge in [-0.1, -0.05) is 26.2 Å². The molecule has 0 saturated heterocycles. The van der Waals surface area contributed by atoms with E-state index in [1.165, 1.54) is 31.7 Å². The molecule has 0 spiro atoms. The predicted octanol–water partition coefficient (Wildman–Crippen LogP) is 3.35. The van der Waals surface area contributed by atoms with Crippen molar-refractivity contribution in [3.05, 3.63) is 18.3 Å². The van der Waals surface area contributed by atoms with Crippen LogP contribution in [0.2, 0.25) is 0 Å². The van der Waals surface area contributed by atoms with Crippen molar-refractivity contribution in [3.63, 3.8) is 0 Å². The molecule has 0 fully saturated rings. The first-order valence-corrected chi connectivity index (χ1v) is 5.86. The van der Waals surface area contributed by atoms with Gasteiger partial charge in [-0.05, 0) is 19.8 Å². The van der Waals surface area contributed by atoms with Crippen molar-refractivity contribution in [1.82, 2.24) is 9.97 Å². The zero-order valence-corrected chi connectivity index (χ0v) is 9.95. The maximum absolute atomic E-state index is 12.7. The molecule has 90 valence electrons. The average Bonchev–Trinajstić information content (AvgIpc) is 2.24. The van der Waals surface area contributed by atoms with Crippen LogP contribution in [0.3, 0.4) is 0 Å². The third-order valence-electron chi connectivity index (χ3n) is 2.39. The molecule has 0 saturated carbocycles. The van der Waals surface area contributed by atoms with Crippen molar-refractivity contribution in [3.8, 4) is 5.88 Å². The largest absolute Gasteiger partial charge is 0.474 e. The Morgan fingerprint density at radius 3 is 2.81 bits per heavy atom. The monoisotopic (exact) mass is 226 g/mol. The van der Waals surface area contributed by atoms with Crippen molar-refractivity contribution >= 4 is 0 Å². The molecule has 4 heteroatoms. The fourth-order valence-corrected chi connectivity index (χ4v) is 1.51. The SMILES string of the molecule is CCCCCCC(C)Oc1cc(F)ncn1. The highest BCUT2D eigenvalue weighted by Gasteiger charge is 2.05. The molecular formula is C12H19FN2O. The predicted molar refractivity (Wildman–Crippen MR) is 60.8 cm³/mol. The van der Waals surface area contributed by atoms with E-state index in [0.717, 1.165) is 12.8 Å². The van der Waals surface area contributed by atoms with Crippen LogP contribution in [0.5, 0.6) is 5.88 Å². The standard InChI is InChI=1S/C12H19FN2O/c1-3-4-5-6-7-10(2)16-12-8-11(13)14-9-15-12/h8-10H,3-7H2,1-2H3. The van der Waals surface area contributed by atoms with Crippen LogP contribution in [0.4, 0.5) is 4.39 Å². The molecule has 0 amide bonds. The lowest BCUT2D eigenvalue weighted by Crippen LogP contribution is -2.12. The molecule has 0 radical (unpaired) electrons. The number of hydrogen-bond donors (Lipinski definition) is 0. The summed E-state index contributed by atoms with van der Waals surface area (Å²) in [5.74, 6) is -0.237. The van der Waals surface area contributed by atoms with Gasteiger partial charge in [0.15, 0.2) is 0 Å². The van der Waals surface area contributed by atoms with E-state index in [1.807, 2.05) is 6.92 Å². The molecule has 1 aromatic rings. The van der Waals surface area contributed by atoms with Crippen molar-refractivity contribution in [2.24, 2.45) is 0 Å². The Hall–Kier alpha value is -1.19. The molecule has 1 heterocycles. The van der Waals surface area contributed by atoms with Crippen LogP contribution in [-0.4, -0.2) is 16.1 Å². The summed E-state index contributed by atoms with van der Waals surface area (Å²) in [7, 11) is 0. The van der Waals surface area contributed by atoms with Crippen LogP contribution < -0.4 is 4.74 Å². The molecule has 0 aliphatic rings. The van der Waals surface area contributed by atoms with Crippen LogP contribution in [0.1, 0.15) is 46.0 Å². The summed E-state index contributed by atoms with van der Waals surface area (Å²) in [6, 6.07) is 1.21. The summed E-state index contributed by atoms with van der Waals surface area (Å²) in [5, 5.41) is 0. The fourth-order valence-electron chi connectivity index (χ4n) is 1.51. The lowest BCUT2D eigenvalue weighted by atomic mass is 10.1. The van der Waals surface area contributed by atoms with Crippen LogP contribution in [0.15, 0.2) is 12.4 Å². The number of ether oxygens (including phenoxy) is 1. The highest BCUT2D eigenvalue weighted by atomic mass is 19.1.